The van der Waals surface area contributed by atoms with Gasteiger partial charge in [-0.1, -0.05) is 40.2 Å². The van der Waals surface area contributed by atoms with Gasteiger partial charge < -0.3 is 10.2 Å². The van der Waals surface area contributed by atoms with Gasteiger partial charge >= 0.3 is 0 Å². The molecule has 4 nitrogen and oxygen atoms in total. The molecule has 0 heterocycles. The summed E-state index contributed by atoms with van der Waals surface area (Å²) in [6.45, 7) is 0.437. The van der Waals surface area contributed by atoms with E-state index in [9.17, 15) is 9.59 Å². The van der Waals surface area contributed by atoms with Crippen molar-refractivity contribution >= 4 is 33.4 Å². The molecule has 124 valence electrons. The SMILES string of the molecule is CN(C(=O)C1CC1)c1ccccc1C(=O)NCc1cccc(Br)c1. The number of carbonyl (C=O) groups excluding carboxylic acids is 2. The van der Waals surface area contributed by atoms with Gasteiger partial charge in [-0.15, -0.1) is 0 Å². The van der Waals surface area contributed by atoms with Crippen molar-refractivity contribution in [2.24, 2.45) is 5.92 Å². The second kappa shape index (κ2) is 7.18. The lowest BCUT2D eigenvalue weighted by Crippen LogP contribution is -2.31. The topological polar surface area (TPSA) is 49.4 Å². The number of carbonyl (C=O) groups is 2. The Labute approximate surface area is 150 Å². The molecule has 0 saturated heterocycles. The number of benzene rings is 2. The molecule has 0 aromatic heterocycles. The van der Waals surface area contributed by atoms with E-state index in [2.05, 4.69) is 21.2 Å². The Hall–Kier alpha value is -2.14. The highest BCUT2D eigenvalue weighted by Crippen LogP contribution is 2.33. The van der Waals surface area contributed by atoms with Crippen molar-refractivity contribution in [3.05, 3.63) is 64.1 Å². The maximum Gasteiger partial charge on any atom is 0.253 e. The molecular weight excluding hydrogens is 368 g/mol. The quantitative estimate of drug-likeness (QED) is 0.850. The van der Waals surface area contributed by atoms with E-state index in [1.807, 2.05) is 42.5 Å². The Morgan fingerprint density at radius 2 is 1.92 bits per heavy atom. The Kier molecular flexibility index (Phi) is 5.00. The molecule has 2 amide bonds. The first-order chi connectivity index (χ1) is 11.6. The van der Waals surface area contributed by atoms with Crippen LogP contribution in [0, 0.1) is 5.92 Å². The molecule has 2 aromatic rings. The maximum atomic E-state index is 12.6. The van der Waals surface area contributed by atoms with Crippen molar-refractivity contribution in [3.8, 4) is 0 Å². The van der Waals surface area contributed by atoms with Gasteiger partial charge in [0.1, 0.15) is 0 Å². The van der Waals surface area contributed by atoms with Gasteiger partial charge in [0.25, 0.3) is 5.91 Å². The van der Waals surface area contributed by atoms with Crippen molar-refractivity contribution in [1.29, 1.82) is 0 Å². The van der Waals surface area contributed by atoms with E-state index in [1.165, 1.54) is 0 Å². The van der Waals surface area contributed by atoms with E-state index in [0.29, 0.717) is 17.8 Å². The van der Waals surface area contributed by atoms with Crippen LogP contribution in [0.15, 0.2) is 53.0 Å². The van der Waals surface area contributed by atoms with Crippen molar-refractivity contribution in [1.82, 2.24) is 5.32 Å². The molecule has 1 aliphatic rings. The Morgan fingerprint density at radius 1 is 1.17 bits per heavy atom. The van der Waals surface area contributed by atoms with Gasteiger partial charge in [0.2, 0.25) is 5.91 Å². The Balaban J connectivity index is 1.73. The summed E-state index contributed by atoms with van der Waals surface area (Å²) >= 11 is 3.42. The van der Waals surface area contributed by atoms with Crippen LogP contribution in [0.2, 0.25) is 0 Å². The maximum absolute atomic E-state index is 12.6. The largest absolute Gasteiger partial charge is 0.348 e. The second-order valence-electron chi connectivity index (χ2n) is 6.00. The van der Waals surface area contributed by atoms with Gasteiger partial charge in [0, 0.05) is 24.0 Å². The summed E-state index contributed by atoms with van der Waals surface area (Å²) in [5.74, 6) is 0.0241. The van der Waals surface area contributed by atoms with Gasteiger partial charge in [0.15, 0.2) is 0 Å². The van der Waals surface area contributed by atoms with Crippen molar-refractivity contribution in [2.75, 3.05) is 11.9 Å². The first kappa shape index (κ1) is 16.7. The number of halogens is 1. The van der Waals surface area contributed by atoms with Gasteiger partial charge in [0.05, 0.1) is 11.3 Å². The van der Waals surface area contributed by atoms with Crippen LogP contribution in [0.1, 0.15) is 28.8 Å². The minimum absolute atomic E-state index is 0.0854. The van der Waals surface area contributed by atoms with Crippen LogP contribution in [0.25, 0.3) is 0 Å². The van der Waals surface area contributed by atoms with Gasteiger partial charge in [-0.3, -0.25) is 9.59 Å². The number of rotatable bonds is 5. The van der Waals surface area contributed by atoms with Crippen molar-refractivity contribution in [3.63, 3.8) is 0 Å². The van der Waals surface area contributed by atoms with Crippen LogP contribution in [0.4, 0.5) is 5.69 Å². The molecule has 5 heteroatoms. The second-order valence-corrected chi connectivity index (χ2v) is 6.92. The zero-order chi connectivity index (χ0) is 17.1. The summed E-state index contributed by atoms with van der Waals surface area (Å²) in [7, 11) is 1.74. The molecular formula is C19H19BrN2O2. The van der Waals surface area contributed by atoms with Gasteiger partial charge in [-0.25, -0.2) is 0 Å². The summed E-state index contributed by atoms with van der Waals surface area (Å²) in [6.07, 6.45) is 1.89. The third-order valence-electron chi connectivity index (χ3n) is 4.11. The molecule has 24 heavy (non-hydrogen) atoms. The zero-order valence-corrected chi connectivity index (χ0v) is 15.0. The first-order valence-corrected chi connectivity index (χ1v) is 8.75. The van der Waals surface area contributed by atoms with E-state index in [0.717, 1.165) is 22.9 Å². The lowest BCUT2D eigenvalue weighted by atomic mass is 10.1. The molecule has 1 fully saturated rings. The highest BCUT2D eigenvalue weighted by atomic mass is 79.9. The van der Waals surface area contributed by atoms with Crippen LogP contribution < -0.4 is 10.2 Å². The smallest absolute Gasteiger partial charge is 0.253 e. The van der Waals surface area contributed by atoms with E-state index in [4.69, 9.17) is 0 Å². The predicted molar refractivity (Wildman–Crippen MR) is 97.9 cm³/mol. The third-order valence-corrected chi connectivity index (χ3v) is 4.60. The fraction of sp³-hybridized carbons (Fsp3) is 0.263. The Bertz CT molecular complexity index is 771. The van der Waals surface area contributed by atoms with Gasteiger partial charge in [-0.2, -0.15) is 0 Å². The lowest BCUT2D eigenvalue weighted by Gasteiger charge is -2.20. The Morgan fingerprint density at radius 3 is 2.62 bits per heavy atom. The van der Waals surface area contributed by atoms with E-state index < -0.39 is 0 Å². The van der Waals surface area contributed by atoms with E-state index in [-0.39, 0.29) is 17.7 Å². The van der Waals surface area contributed by atoms with Crippen LogP contribution in [0.5, 0.6) is 0 Å². The fourth-order valence-corrected chi connectivity index (χ4v) is 3.05. The molecule has 0 atom stereocenters. The summed E-state index contributed by atoms with van der Waals surface area (Å²) in [5, 5.41) is 2.92. The molecule has 1 saturated carbocycles. The van der Waals surface area contributed by atoms with Crippen molar-refractivity contribution < 1.29 is 9.59 Å². The summed E-state index contributed by atoms with van der Waals surface area (Å²) in [6, 6.07) is 15.0. The molecule has 0 spiro atoms. The third kappa shape index (κ3) is 3.85. The summed E-state index contributed by atoms with van der Waals surface area (Å²) < 4.78 is 0.976. The zero-order valence-electron chi connectivity index (χ0n) is 13.5. The highest BCUT2D eigenvalue weighted by Gasteiger charge is 2.33. The van der Waals surface area contributed by atoms with Crippen LogP contribution in [0.3, 0.4) is 0 Å². The normalized spacial score (nSPS) is 13.4. The fourth-order valence-electron chi connectivity index (χ4n) is 2.61. The number of para-hydroxylation sites is 1. The number of hydrogen-bond acceptors (Lipinski definition) is 2. The predicted octanol–water partition coefficient (Wildman–Crippen LogP) is 3.75. The van der Waals surface area contributed by atoms with E-state index in [1.54, 1.807) is 18.0 Å². The number of nitrogens with one attached hydrogen (secondary N) is 1. The molecule has 3 rings (SSSR count). The molecule has 0 unspecified atom stereocenters. The molecule has 0 aliphatic heterocycles. The number of anilines is 1. The minimum atomic E-state index is -0.180. The molecule has 2 aromatic carbocycles. The number of amides is 2. The minimum Gasteiger partial charge on any atom is -0.348 e. The average Bonchev–Trinajstić information content (AvgIpc) is 3.43. The van der Waals surface area contributed by atoms with Crippen LogP contribution in [-0.4, -0.2) is 18.9 Å². The molecule has 0 radical (unpaired) electrons. The number of hydrogen-bond donors (Lipinski definition) is 1. The van der Waals surface area contributed by atoms with Crippen molar-refractivity contribution in [2.45, 2.75) is 19.4 Å². The van der Waals surface area contributed by atoms with E-state index >= 15 is 0 Å². The van der Waals surface area contributed by atoms with Crippen LogP contribution >= 0.6 is 15.9 Å². The lowest BCUT2D eigenvalue weighted by molar-refractivity contribution is -0.119. The molecule has 1 aliphatic carbocycles. The number of nitrogens with zero attached hydrogens (tertiary/aromatic N) is 1. The standard InChI is InChI=1S/C19H19BrN2O2/c1-22(19(24)14-9-10-14)17-8-3-2-7-16(17)18(23)21-12-13-5-4-6-15(20)11-13/h2-8,11,14H,9-10,12H2,1H3,(H,21,23). The highest BCUT2D eigenvalue weighted by molar-refractivity contribution is 9.10. The average molecular weight is 387 g/mol. The van der Waals surface area contributed by atoms with Gasteiger partial charge in [-0.05, 0) is 42.7 Å². The van der Waals surface area contributed by atoms with Crippen LogP contribution in [-0.2, 0) is 11.3 Å². The summed E-state index contributed by atoms with van der Waals surface area (Å²) in [4.78, 5) is 26.5. The monoisotopic (exact) mass is 386 g/mol. The first-order valence-electron chi connectivity index (χ1n) is 7.95. The molecule has 1 N–H and O–H groups in total. The summed E-state index contributed by atoms with van der Waals surface area (Å²) in [5.41, 5.74) is 2.18. The molecule has 0 bridgehead atoms.